The number of aryl methyl sites for hydroxylation is 2. The van der Waals surface area contributed by atoms with Gasteiger partial charge < -0.3 is 10.2 Å². The molecule has 15 heavy (non-hydrogen) atoms. The second kappa shape index (κ2) is 3.98. The van der Waals surface area contributed by atoms with Crippen LogP contribution < -0.4 is 5.73 Å². The van der Waals surface area contributed by atoms with E-state index in [-0.39, 0.29) is 6.04 Å². The Labute approximate surface area is 88.5 Å². The molecule has 0 aliphatic carbocycles. The van der Waals surface area contributed by atoms with Gasteiger partial charge in [-0.05, 0) is 32.4 Å². The summed E-state index contributed by atoms with van der Waals surface area (Å²) in [6, 6.07) is 4.00. The summed E-state index contributed by atoms with van der Waals surface area (Å²) in [5, 5.41) is 0. The highest BCUT2D eigenvalue weighted by Gasteiger charge is 2.07. The van der Waals surface area contributed by atoms with Gasteiger partial charge in [-0.15, -0.1) is 0 Å². The fraction of sp³-hybridized carbons (Fsp3) is 0.455. The molecule has 80 valence electrons. The number of nitrogens with zero attached hydrogens (tertiary/aromatic N) is 2. The van der Waals surface area contributed by atoms with E-state index >= 15 is 0 Å². The van der Waals surface area contributed by atoms with Crippen molar-refractivity contribution in [1.29, 1.82) is 0 Å². The minimum absolute atomic E-state index is 0.176. The van der Waals surface area contributed by atoms with Gasteiger partial charge in [0.15, 0.2) is 17.1 Å². The van der Waals surface area contributed by atoms with Gasteiger partial charge in [-0.1, -0.05) is 0 Å². The van der Waals surface area contributed by atoms with Crippen LogP contribution in [0.15, 0.2) is 16.5 Å². The maximum Gasteiger partial charge on any atom is 0.199 e. The van der Waals surface area contributed by atoms with E-state index in [1.54, 1.807) is 0 Å². The molecule has 2 rings (SSSR count). The maximum atomic E-state index is 5.67. The molecule has 0 radical (unpaired) electrons. The van der Waals surface area contributed by atoms with Crippen molar-refractivity contribution < 1.29 is 4.42 Å². The van der Waals surface area contributed by atoms with Gasteiger partial charge >= 0.3 is 0 Å². The third-order valence-electron chi connectivity index (χ3n) is 2.25. The van der Waals surface area contributed by atoms with Gasteiger partial charge in [0.05, 0.1) is 0 Å². The van der Waals surface area contributed by atoms with Crippen molar-refractivity contribution in [2.24, 2.45) is 5.73 Å². The van der Waals surface area contributed by atoms with Crippen LogP contribution in [0.4, 0.5) is 0 Å². The zero-order valence-corrected chi connectivity index (χ0v) is 9.03. The van der Waals surface area contributed by atoms with Crippen LogP contribution in [-0.2, 0) is 6.42 Å². The Morgan fingerprint density at radius 2 is 2.20 bits per heavy atom. The van der Waals surface area contributed by atoms with Gasteiger partial charge in [0.25, 0.3) is 0 Å². The van der Waals surface area contributed by atoms with Crippen molar-refractivity contribution in [3.8, 4) is 0 Å². The molecule has 2 heterocycles. The highest BCUT2D eigenvalue weighted by Crippen LogP contribution is 2.15. The number of hydrogen-bond donors (Lipinski definition) is 1. The summed E-state index contributed by atoms with van der Waals surface area (Å²) in [6.07, 6.45) is 1.65. The molecule has 0 amide bonds. The van der Waals surface area contributed by atoms with Crippen molar-refractivity contribution >= 4 is 11.2 Å². The molecular weight excluding hydrogens is 190 g/mol. The lowest BCUT2D eigenvalue weighted by Crippen LogP contribution is -2.15. The van der Waals surface area contributed by atoms with E-state index in [4.69, 9.17) is 10.2 Å². The summed E-state index contributed by atoms with van der Waals surface area (Å²) in [5.41, 5.74) is 8.07. The maximum absolute atomic E-state index is 5.67. The van der Waals surface area contributed by atoms with Gasteiger partial charge in [0.2, 0.25) is 0 Å². The van der Waals surface area contributed by atoms with Crippen LogP contribution >= 0.6 is 0 Å². The van der Waals surface area contributed by atoms with Crippen LogP contribution in [-0.4, -0.2) is 16.0 Å². The van der Waals surface area contributed by atoms with Crippen LogP contribution in [0.25, 0.3) is 11.2 Å². The summed E-state index contributed by atoms with van der Waals surface area (Å²) < 4.78 is 5.54. The van der Waals surface area contributed by atoms with Crippen LogP contribution in [0.5, 0.6) is 0 Å². The van der Waals surface area contributed by atoms with Gasteiger partial charge in [0, 0.05) is 18.2 Å². The second-order valence-electron chi connectivity index (χ2n) is 3.90. The molecule has 0 saturated carbocycles. The molecule has 0 spiro atoms. The normalized spacial score (nSPS) is 13.3. The minimum atomic E-state index is 0.176. The third-order valence-corrected chi connectivity index (χ3v) is 2.25. The number of rotatable bonds is 3. The standard InChI is InChI=1S/C11H15N3O/c1-7(12)3-6-10-14-11-9(15-10)5-4-8(2)13-11/h4-5,7H,3,6,12H2,1-2H3. The van der Waals surface area contributed by atoms with E-state index in [2.05, 4.69) is 9.97 Å². The summed E-state index contributed by atoms with van der Waals surface area (Å²) in [7, 11) is 0. The number of nitrogens with two attached hydrogens (primary N) is 1. The average Bonchev–Trinajstić information content (AvgIpc) is 2.56. The Morgan fingerprint density at radius 3 is 2.93 bits per heavy atom. The molecule has 0 saturated heterocycles. The van der Waals surface area contributed by atoms with Crippen LogP contribution in [0, 0.1) is 6.92 Å². The summed E-state index contributed by atoms with van der Waals surface area (Å²) in [5.74, 6) is 0.723. The molecule has 1 unspecified atom stereocenters. The summed E-state index contributed by atoms with van der Waals surface area (Å²) >= 11 is 0. The molecule has 0 bridgehead atoms. The van der Waals surface area contributed by atoms with Crippen LogP contribution in [0.1, 0.15) is 24.9 Å². The number of pyridine rings is 1. The second-order valence-corrected chi connectivity index (χ2v) is 3.90. The zero-order chi connectivity index (χ0) is 10.8. The van der Waals surface area contributed by atoms with Gasteiger partial charge in [-0.2, -0.15) is 4.98 Å². The molecule has 0 fully saturated rings. The molecule has 4 nitrogen and oxygen atoms in total. The molecule has 2 aromatic rings. The first-order chi connectivity index (χ1) is 7.15. The Morgan fingerprint density at radius 1 is 1.40 bits per heavy atom. The van der Waals surface area contributed by atoms with Crippen molar-refractivity contribution in [1.82, 2.24) is 9.97 Å². The first kappa shape index (κ1) is 10.1. The largest absolute Gasteiger partial charge is 0.439 e. The third kappa shape index (κ3) is 2.33. The smallest absolute Gasteiger partial charge is 0.199 e. The van der Waals surface area contributed by atoms with E-state index in [0.717, 1.165) is 30.0 Å². The molecular formula is C11H15N3O. The van der Waals surface area contributed by atoms with E-state index in [0.29, 0.717) is 5.65 Å². The molecule has 2 N–H and O–H groups in total. The van der Waals surface area contributed by atoms with Crippen LogP contribution in [0.2, 0.25) is 0 Å². The van der Waals surface area contributed by atoms with Crippen molar-refractivity contribution in [3.63, 3.8) is 0 Å². The molecule has 2 aromatic heterocycles. The molecule has 0 aliphatic heterocycles. The number of oxazole rings is 1. The Kier molecular flexibility index (Phi) is 2.68. The fourth-order valence-corrected chi connectivity index (χ4v) is 1.42. The lowest BCUT2D eigenvalue weighted by atomic mass is 10.2. The van der Waals surface area contributed by atoms with Gasteiger partial charge in [-0.25, -0.2) is 4.98 Å². The Bertz CT molecular complexity index is 462. The van der Waals surface area contributed by atoms with Crippen molar-refractivity contribution in [2.75, 3.05) is 0 Å². The SMILES string of the molecule is Cc1ccc2oc(CCC(C)N)nc2n1. The van der Waals surface area contributed by atoms with Crippen molar-refractivity contribution in [2.45, 2.75) is 32.7 Å². The fourth-order valence-electron chi connectivity index (χ4n) is 1.42. The van der Waals surface area contributed by atoms with Gasteiger partial charge in [0.1, 0.15) is 0 Å². The molecule has 4 heteroatoms. The average molecular weight is 205 g/mol. The van der Waals surface area contributed by atoms with E-state index in [9.17, 15) is 0 Å². The number of fused-ring (bicyclic) bond motifs is 1. The lowest BCUT2D eigenvalue weighted by molar-refractivity contribution is 0.504. The topological polar surface area (TPSA) is 64.9 Å². The summed E-state index contributed by atoms with van der Waals surface area (Å²) in [6.45, 7) is 3.92. The van der Waals surface area contributed by atoms with E-state index in [1.807, 2.05) is 26.0 Å². The van der Waals surface area contributed by atoms with Crippen molar-refractivity contribution in [3.05, 3.63) is 23.7 Å². The van der Waals surface area contributed by atoms with E-state index < -0.39 is 0 Å². The highest BCUT2D eigenvalue weighted by atomic mass is 16.3. The monoisotopic (exact) mass is 205 g/mol. The van der Waals surface area contributed by atoms with Crippen LogP contribution in [0.3, 0.4) is 0 Å². The molecule has 0 aromatic carbocycles. The summed E-state index contributed by atoms with van der Waals surface area (Å²) in [4.78, 5) is 8.60. The van der Waals surface area contributed by atoms with E-state index in [1.165, 1.54) is 0 Å². The minimum Gasteiger partial charge on any atom is -0.439 e. The lowest BCUT2D eigenvalue weighted by Gasteiger charge is -1.99. The molecule has 0 aliphatic rings. The predicted octanol–water partition coefficient (Wildman–Crippen LogP) is 1.81. The van der Waals surface area contributed by atoms with Gasteiger partial charge in [-0.3, -0.25) is 0 Å². The molecule has 1 atom stereocenters. The first-order valence-electron chi connectivity index (χ1n) is 5.14. The number of aromatic nitrogens is 2. The Balaban J connectivity index is 2.23. The predicted molar refractivity (Wildman–Crippen MR) is 58.5 cm³/mol. The first-order valence-corrected chi connectivity index (χ1v) is 5.14. The Hall–Kier alpha value is -1.42. The quantitative estimate of drug-likeness (QED) is 0.830. The zero-order valence-electron chi connectivity index (χ0n) is 9.03. The number of hydrogen-bond acceptors (Lipinski definition) is 4. The highest BCUT2D eigenvalue weighted by molar-refractivity contribution is 5.67.